The lowest BCUT2D eigenvalue weighted by Gasteiger charge is -2.24. The second kappa shape index (κ2) is 10.7. The Bertz CT molecular complexity index is 1470. The van der Waals surface area contributed by atoms with E-state index >= 15 is 0 Å². The third-order valence-corrected chi connectivity index (χ3v) is 7.10. The topological polar surface area (TPSA) is 71.2 Å². The van der Waals surface area contributed by atoms with Gasteiger partial charge in [0, 0.05) is 38.0 Å². The number of imidazole rings is 1. The third kappa shape index (κ3) is 5.59. The molecule has 0 saturated heterocycles. The number of alkyl halides is 2. The molecule has 2 aromatic carbocycles. The minimum absolute atomic E-state index is 0.0223. The van der Waals surface area contributed by atoms with Crippen molar-refractivity contribution >= 4 is 23.0 Å². The van der Waals surface area contributed by atoms with Crippen molar-refractivity contribution in [3.05, 3.63) is 101 Å². The Balaban J connectivity index is 1.45. The first-order valence-electron chi connectivity index (χ1n) is 12.8. The molecular weight excluding hydrogens is 486 g/mol. The summed E-state index contributed by atoms with van der Waals surface area (Å²) in [7, 11) is 0. The number of pyridine rings is 1. The monoisotopic (exact) mass is 516 g/mol. The number of hydrogen-bond donors (Lipinski definition) is 1. The average Bonchev–Trinajstić information content (AvgIpc) is 3.09. The molecule has 0 fully saturated rings. The Morgan fingerprint density at radius 3 is 2.61 bits per heavy atom. The summed E-state index contributed by atoms with van der Waals surface area (Å²) >= 11 is 0. The van der Waals surface area contributed by atoms with Crippen LogP contribution in [0, 0.1) is 0 Å². The fourth-order valence-corrected chi connectivity index (χ4v) is 5.10. The predicted molar refractivity (Wildman–Crippen MR) is 144 cm³/mol. The van der Waals surface area contributed by atoms with Crippen molar-refractivity contribution in [2.75, 3.05) is 18.0 Å². The lowest BCUT2D eigenvalue weighted by atomic mass is 10.0. The molecule has 38 heavy (non-hydrogen) atoms. The molecule has 4 aromatic rings. The van der Waals surface area contributed by atoms with E-state index in [0.29, 0.717) is 22.5 Å². The zero-order valence-electron chi connectivity index (χ0n) is 21.3. The van der Waals surface area contributed by atoms with Gasteiger partial charge in [-0.3, -0.25) is 4.98 Å². The molecule has 6 nitrogen and oxygen atoms in total. The second-order valence-corrected chi connectivity index (χ2v) is 9.80. The van der Waals surface area contributed by atoms with Crippen molar-refractivity contribution in [1.82, 2.24) is 14.5 Å². The lowest BCUT2D eigenvalue weighted by molar-refractivity contribution is 0.0164. The van der Waals surface area contributed by atoms with Crippen molar-refractivity contribution in [1.29, 1.82) is 0 Å². The number of carboxylic acids is 1. The fraction of sp³-hybridized carbons (Fsp3) is 0.300. The van der Waals surface area contributed by atoms with Gasteiger partial charge in [-0.25, -0.2) is 18.6 Å². The smallest absolute Gasteiger partial charge is 0.335 e. The van der Waals surface area contributed by atoms with Crippen molar-refractivity contribution in [2.24, 2.45) is 0 Å². The van der Waals surface area contributed by atoms with Crippen LogP contribution in [0.1, 0.15) is 53.2 Å². The van der Waals surface area contributed by atoms with Gasteiger partial charge >= 0.3 is 5.97 Å². The number of halogens is 2. The number of aryl methyl sites for hydroxylation is 1. The second-order valence-electron chi connectivity index (χ2n) is 9.80. The Kier molecular flexibility index (Phi) is 7.22. The van der Waals surface area contributed by atoms with Crippen LogP contribution < -0.4 is 4.90 Å². The van der Waals surface area contributed by atoms with Gasteiger partial charge in [0.15, 0.2) is 0 Å². The minimum atomic E-state index is -2.99. The maximum Gasteiger partial charge on any atom is 0.335 e. The van der Waals surface area contributed by atoms with Gasteiger partial charge in [-0.15, -0.1) is 0 Å². The standard InChI is InChI=1S/C30H30F2N4O2/c1-30(31,32)25-7-3-2-6-24(25)20-36-27-11-10-23(28(37)38)19-26(27)34-29(36)35-17-4-5-21(14-18-35)8-9-22-12-15-33-16-13-22/h2-3,5-7,10-13,15-16,19H,4,8-9,14,17-18,20H2,1H3,(H,37,38). The molecule has 1 aliphatic heterocycles. The molecule has 0 unspecified atom stereocenters. The van der Waals surface area contributed by atoms with E-state index in [1.807, 2.05) is 29.1 Å². The Morgan fingerprint density at radius 2 is 1.84 bits per heavy atom. The Hall–Kier alpha value is -4.07. The van der Waals surface area contributed by atoms with E-state index in [-0.39, 0.29) is 17.7 Å². The molecule has 8 heteroatoms. The molecule has 0 bridgehead atoms. The maximum absolute atomic E-state index is 14.4. The van der Waals surface area contributed by atoms with Gasteiger partial charge in [-0.2, -0.15) is 0 Å². The summed E-state index contributed by atoms with van der Waals surface area (Å²) in [6.07, 6.45) is 9.56. The third-order valence-electron chi connectivity index (χ3n) is 7.10. The van der Waals surface area contributed by atoms with Crippen LogP contribution >= 0.6 is 0 Å². The van der Waals surface area contributed by atoms with Crippen molar-refractivity contribution in [3.63, 3.8) is 0 Å². The van der Waals surface area contributed by atoms with Crippen molar-refractivity contribution in [3.8, 4) is 0 Å². The number of carboxylic acid groups (broad SMARTS) is 1. The predicted octanol–water partition coefficient (Wildman–Crippen LogP) is 6.45. The highest BCUT2D eigenvalue weighted by Gasteiger charge is 2.28. The quantitative estimate of drug-likeness (QED) is 0.273. The van der Waals surface area contributed by atoms with E-state index in [2.05, 4.69) is 16.0 Å². The number of aromatic carboxylic acids is 1. The highest BCUT2D eigenvalue weighted by molar-refractivity contribution is 5.93. The van der Waals surface area contributed by atoms with Crippen LogP contribution in [0.5, 0.6) is 0 Å². The maximum atomic E-state index is 14.4. The van der Waals surface area contributed by atoms with Crippen LogP contribution in [-0.2, 0) is 18.9 Å². The summed E-state index contributed by atoms with van der Waals surface area (Å²) in [6.45, 7) is 2.59. The van der Waals surface area contributed by atoms with Gasteiger partial charge < -0.3 is 14.6 Å². The van der Waals surface area contributed by atoms with E-state index in [1.165, 1.54) is 23.3 Å². The number of fused-ring (bicyclic) bond motifs is 1. The first kappa shape index (κ1) is 25.6. The molecule has 0 aliphatic carbocycles. The van der Waals surface area contributed by atoms with Gasteiger partial charge in [0.1, 0.15) is 0 Å². The highest BCUT2D eigenvalue weighted by Crippen LogP contribution is 2.33. The first-order valence-corrected chi connectivity index (χ1v) is 12.8. The number of aromatic nitrogens is 3. The van der Waals surface area contributed by atoms with Gasteiger partial charge in [0.25, 0.3) is 5.92 Å². The lowest BCUT2D eigenvalue weighted by Crippen LogP contribution is -2.28. The normalized spacial score (nSPS) is 14.4. The summed E-state index contributed by atoms with van der Waals surface area (Å²) in [5, 5.41) is 9.49. The van der Waals surface area contributed by atoms with Crippen LogP contribution in [0.4, 0.5) is 14.7 Å². The Morgan fingerprint density at radius 1 is 1.05 bits per heavy atom. The van der Waals surface area contributed by atoms with E-state index in [9.17, 15) is 18.7 Å². The van der Waals surface area contributed by atoms with E-state index in [1.54, 1.807) is 30.3 Å². The van der Waals surface area contributed by atoms with Crippen LogP contribution in [0.15, 0.2) is 78.6 Å². The van der Waals surface area contributed by atoms with E-state index < -0.39 is 11.9 Å². The zero-order valence-corrected chi connectivity index (χ0v) is 21.3. The van der Waals surface area contributed by atoms with E-state index in [4.69, 9.17) is 4.98 Å². The molecule has 0 radical (unpaired) electrons. The molecule has 1 aliphatic rings. The minimum Gasteiger partial charge on any atom is -0.478 e. The van der Waals surface area contributed by atoms with Crippen LogP contribution in [0.3, 0.4) is 0 Å². The number of carbonyl (C=O) groups is 1. The van der Waals surface area contributed by atoms with Gasteiger partial charge in [-0.05, 0) is 67.1 Å². The molecule has 0 atom stereocenters. The van der Waals surface area contributed by atoms with Gasteiger partial charge in [0.2, 0.25) is 5.95 Å². The number of rotatable bonds is 8. The van der Waals surface area contributed by atoms with Crippen LogP contribution in [-0.4, -0.2) is 38.7 Å². The molecule has 0 amide bonds. The van der Waals surface area contributed by atoms with Gasteiger partial charge in [-0.1, -0.05) is 35.9 Å². The summed E-state index contributed by atoms with van der Waals surface area (Å²) in [4.78, 5) is 22.7. The molecule has 1 N–H and O–H groups in total. The molecular formula is C30H30F2N4O2. The summed E-state index contributed by atoms with van der Waals surface area (Å²) < 4.78 is 30.8. The largest absolute Gasteiger partial charge is 0.478 e. The van der Waals surface area contributed by atoms with Gasteiger partial charge in [0.05, 0.1) is 23.1 Å². The number of nitrogens with zero attached hydrogens (tertiary/aromatic N) is 4. The molecule has 3 heterocycles. The van der Waals surface area contributed by atoms with E-state index in [0.717, 1.165) is 45.7 Å². The van der Waals surface area contributed by atoms with Crippen molar-refractivity contribution in [2.45, 2.75) is 45.1 Å². The first-order chi connectivity index (χ1) is 18.3. The highest BCUT2D eigenvalue weighted by atomic mass is 19.3. The number of benzene rings is 2. The van der Waals surface area contributed by atoms with Crippen molar-refractivity contribution < 1.29 is 18.7 Å². The molecule has 5 rings (SSSR count). The summed E-state index contributed by atoms with van der Waals surface area (Å²) in [5.74, 6) is -3.35. The summed E-state index contributed by atoms with van der Waals surface area (Å²) in [5.41, 5.74) is 4.52. The number of anilines is 1. The van der Waals surface area contributed by atoms with Crippen LogP contribution in [0.2, 0.25) is 0 Å². The van der Waals surface area contributed by atoms with Crippen LogP contribution in [0.25, 0.3) is 11.0 Å². The average molecular weight is 517 g/mol. The Labute approximate surface area is 220 Å². The summed E-state index contributed by atoms with van der Waals surface area (Å²) in [6, 6.07) is 15.4. The fourth-order valence-electron chi connectivity index (χ4n) is 5.10. The molecule has 196 valence electrons. The zero-order chi connectivity index (χ0) is 26.7. The molecule has 2 aromatic heterocycles. The molecule has 0 spiro atoms. The number of hydrogen-bond acceptors (Lipinski definition) is 4. The SMILES string of the molecule is CC(F)(F)c1ccccc1Cn1c(N2CCC=C(CCc3ccncc3)CC2)nc2cc(C(=O)O)ccc21. The molecule has 0 saturated carbocycles.